The van der Waals surface area contributed by atoms with Crippen molar-refractivity contribution in [3.05, 3.63) is 60.3 Å². The fourth-order valence-corrected chi connectivity index (χ4v) is 5.46. The molecule has 2 amide bonds. The first-order valence-corrected chi connectivity index (χ1v) is 12.9. The Morgan fingerprint density at radius 1 is 1.21 bits per heavy atom. The van der Waals surface area contributed by atoms with Crippen LogP contribution in [0.1, 0.15) is 42.6 Å². The summed E-state index contributed by atoms with van der Waals surface area (Å²) < 4.78 is 11.5. The number of rotatable bonds is 8. The molecule has 1 aliphatic heterocycles. The van der Waals surface area contributed by atoms with E-state index in [-0.39, 0.29) is 37.0 Å². The van der Waals surface area contributed by atoms with E-state index in [1.807, 2.05) is 48.5 Å². The van der Waals surface area contributed by atoms with E-state index < -0.39 is 24.1 Å². The zero-order chi connectivity index (χ0) is 26.6. The van der Waals surface area contributed by atoms with Crippen LogP contribution < -0.4 is 14.8 Å². The molecule has 2 aliphatic rings. The molecule has 1 saturated heterocycles. The van der Waals surface area contributed by atoms with Crippen LogP contribution in [-0.2, 0) is 9.59 Å². The number of methoxy groups -OCH3 is 1. The Kier molecular flexibility index (Phi) is 7.31. The van der Waals surface area contributed by atoms with Crippen LogP contribution in [-0.4, -0.2) is 59.3 Å². The maximum absolute atomic E-state index is 13.7. The normalized spacial score (nSPS) is 21.7. The quantitative estimate of drug-likeness (QED) is 0.473. The summed E-state index contributed by atoms with van der Waals surface area (Å²) in [5.41, 5.74) is 1.08. The number of para-hydroxylation sites is 1. The molecule has 2 N–H and O–H groups in total. The third-order valence-corrected chi connectivity index (χ3v) is 7.37. The van der Waals surface area contributed by atoms with Gasteiger partial charge in [0.25, 0.3) is 5.91 Å². The molecule has 2 heterocycles. The summed E-state index contributed by atoms with van der Waals surface area (Å²) in [7, 11) is 1.57. The van der Waals surface area contributed by atoms with Gasteiger partial charge in [0.1, 0.15) is 41.2 Å². The van der Waals surface area contributed by atoms with Gasteiger partial charge in [-0.3, -0.25) is 14.4 Å². The van der Waals surface area contributed by atoms with E-state index in [0.717, 1.165) is 23.7 Å². The Morgan fingerprint density at radius 3 is 2.74 bits per heavy atom. The molecule has 2 fully saturated rings. The number of Topliss-reactive ketones (excluding diaryl/α,β-unsaturated/α-hetero) is 1. The Labute approximate surface area is 220 Å². The van der Waals surface area contributed by atoms with Crippen LogP contribution in [0.4, 0.5) is 0 Å². The van der Waals surface area contributed by atoms with Crippen molar-refractivity contribution >= 4 is 28.5 Å². The minimum absolute atomic E-state index is 0.141. The van der Waals surface area contributed by atoms with Crippen molar-refractivity contribution in [3.8, 4) is 17.6 Å². The lowest BCUT2D eigenvalue weighted by molar-refractivity contribution is -0.126. The van der Waals surface area contributed by atoms with Gasteiger partial charge in [-0.15, -0.1) is 0 Å². The lowest BCUT2D eigenvalue weighted by Crippen LogP contribution is -2.49. The summed E-state index contributed by atoms with van der Waals surface area (Å²) in [5, 5.41) is 13.3. The molecular weight excluding hydrogens is 484 g/mol. The number of carbonyl (C=O) groups is 3. The molecule has 4 atom stereocenters. The first-order valence-electron chi connectivity index (χ1n) is 12.9. The first kappa shape index (κ1) is 25.3. The summed E-state index contributed by atoms with van der Waals surface area (Å²) in [5.74, 6) is 0.442. The van der Waals surface area contributed by atoms with Gasteiger partial charge in [0.05, 0.1) is 19.7 Å². The number of hydrogen-bond donors (Lipinski definition) is 2. The number of ketones is 1. The van der Waals surface area contributed by atoms with Gasteiger partial charge in [-0.05, 0) is 49.6 Å². The van der Waals surface area contributed by atoms with Crippen molar-refractivity contribution in [2.75, 3.05) is 13.7 Å². The van der Waals surface area contributed by atoms with Crippen LogP contribution in [0.3, 0.4) is 0 Å². The molecule has 2 aromatic carbocycles. The Hall–Kier alpha value is -4.32. The molecule has 9 heteroatoms. The number of nitrogens with zero attached hydrogens (tertiary/aromatic N) is 2. The van der Waals surface area contributed by atoms with E-state index in [1.165, 1.54) is 4.90 Å². The Balaban J connectivity index is 1.37. The highest BCUT2D eigenvalue weighted by molar-refractivity contribution is 6.01. The van der Waals surface area contributed by atoms with Crippen LogP contribution in [0.25, 0.3) is 10.9 Å². The summed E-state index contributed by atoms with van der Waals surface area (Å²) >= 11 is 0. The number of ether oxygens (including phenoxy) is 2. The number of carbonyl (C=O) groups excluding carboxylic acids is 3. The smallest absolute Gasteiger partial charge is 0.271 e. The van der Waals surface area contributed by atoms with Crippen molar-refractivity contribution in [1.82, 2.24) is 15.2 Å². The van der Waals surface area contributed by atoms with Crippen molar-refractivity contribution in [3.63, 3.8) is 0 Å². The second-order valence-corrected chi connectivity index (χ2v) is 9.85. The molecule has 196 valence electrons. The van der Waals surface area contributed by atoms with Gasteiger partial charge in [0, 0.05) is 29.7 Å². The highest BCUT2D eigenvalue weighted by atomic mass is 16.5. The van der Waals surface area contributed by atoms with E-state index in [9.17, 15) is 19.6 Å². The van der Waals surface area contributed by atoms with E-state index in [2.05, 4.69) is 16.4 Å². The van der Waals surface area contributed by atoms with Gasteiger partial charge < -0.3 is 24.7 Å². The average molecular weight is 515 g/mol. The zero-order valence-electron chi connectivity index (χ0n) is 21.2. The minimum Gasteiger partial charge on any atom is -0.496 e. The summed E-state index contributed by atoms with van der Waals surface area (Å²) in [6.45, 7) is 0.205. The van der Waals surface area contributed by atoms with Crippen LogP contribution in [0, 0.1) is 17.2 Å². The number of nitrogens with one attached hydrogen (secondary N) is 2. The third-order valence-electron chi connectivity index (χ3n) is 7.37. The SMILES string of the molecule is COc1cccc2[nH]c(C(=O)N3C[C@H](Oc4ccccc4)C[C@H]3C(=O)N[C@H](C#N)C[C@@H]3CCCC3=O)cc12. The summed E-state index contributed by atoms with van der Waals surface area (Å²) in [6, 6.07) is 17.0. The maximum atomic E-state index is 13.7. The van der Waals surface area contributed by atoms with Crippen LogP contribution in [0.15, 0.2) is 54.6 Å². The molecule has 0 unspecified atom stereocenters. The van der Waals surface area contributed by atoms with Gasteiger partial charge in [-0.2, -0.15) is 5.26 Å². The summed E-state index contributed by atoms with van der Waals surface area (Å²) in [6.07, 6.45) is 2.22. The van der Waals surface area contributed by atoms with Crippen molar-refractivity contribution < 1.29 is 23.9 Å². The molecule has 0 spiro atoms. The van der Waals surface area contributed by atoms with E-state index >= 15 is 0 Å². The number of amides is 2. The number of aromatic nitrogens is 1. The average Bonchev–Trinajstić information content (AvgIpc) is 3.66. The zero-order valence-corrected chi connectivity index (χ0v) is 21.2. The largest absolute Gasteiger partial charge is 0.496 e. The van der Waals surface area contributed by atoms with E-state index in [4.69, 9.17) is 9.47 Å². The molecule has 1 aromatic heterocycles. The monoisotopic (exact) mass is 514 g/mol. The van der Waals surface area contributed by atoms with Crippen molar-refractivity contribution in [2.45, 2.75) is 50.3 Å². The molecule has 1 saturated carbocycles. The predicted octanol–water partition coefficient (Wildman–Crippen LogP) is 3.61. The lowest BCUT2D eigenvalue weighted by atomic mass is 9.98. The topological polar surface area (TPSA) is 125 Å². The fourth-order valence-electron chi connectivity index (χ4n) is 5.46. The first-order chi connectivity index (χ1) is 18.5. The Morgan fingerprint density at radius 2 is 2.03 bits per heavy atom. The predicted molar refractivity (Wildman–Crippen MR) is 140 cm³/mol. The number of H-pyrrole nitrogens is 1. The third kappa shape index (κ3) is 5.21. The number of aromatic amines is 1. The standard InChI is InChI=1S/C29H30N4O5/c1-37-27-12-6-10-23-22(27)15-24(32-23)29(36)33-17-21(38-20-8-3-2-4-9-20)14-25(33)28(35)31-19(16-30)13-18-7-5-11-26(18)34/h2-4,6,8-10,12,15,18-19,21,25,32H,5,7,11,13-14,17H2,1H3,(H,31,35)/t18-,19-,21+,25-/m0/s1. The van der Waals surface area contributed by atoms with Crippen LogP contribution in [0.2, 0.25) is 0 Å². The molecule has 0 bridgehead atoms. The minimum atomic E-state index is -0.834. The number of likely N-dealkylation sites (tertiary alicyclic amines) is 1. The maximum Gasteiger partial charge on any atom is 0.271 e. The fraction of sp³-hybridized carbons (Fsp3) is 0.379. The second-order valence-electron chi connectivity index (χ2n) is 9.85. The van der Waals surface area contributed by atoms with Gasteiger partial charge in [0.2, 0.25) is 5.91 Å². The second kappa shape index (κ2) is 11.0. The molecule has 9 nitrogen and oxygen atoms in total. The summed E-state index contributed by atoms with van der Waals surface area (Å²) in [4.78, 5) is 43.9. The highest BCUT2D eigenvalue weighted by Gasteiger charge is 2.42. The molecule has 5 rings (SSSR count). The van der Waals surface area contributed by atoms with Crippen LogP contribution in [0.5, 0.6) is 11.5 Å². The van der Waals surface area contributed by atoms with Crippen LogP contribution >= 0.6 is 0 Å². The highest BCUT2D eigenvalue weighted by Crippen LogP contribution is 2.30. The molecule has 3 aromatic rings. The number of hydrogen-bond acceptors (Lipinski definition) is 6. The van der Waals surface area contributed by atoms with Crippen molar-refractivity contribution in [1.29, 1.82) is 5.26 Å². The molecule has 0 radical (unpaired) electrons. The van der Waals surface area contributed by atoms with E-state index in [1.54, 1.807) is 13.2 Å². The van der Waals surface area contributed by atoms with Gasteiger partial charge in [-0.1, -0.05) is 24.3 Å². The molecule has 1 aliphatic carbocycles. The van der Waals surface area contributed by atoms with Gasteiger partial charge >= 0.3 is 0 Å². The van der Waals surface area contributed by atoms with Gasteiger partial charge in [-0.25, -0.2) is 0 Å². The number of nitriles is 1. The lowest BCUT2D eigenvalue weighted by Gasteiger charge is -2.24. The Bertz CT molecular complexity index is 1380. The van der Waals surface area contributed by atoms with Gasteiger partial charge in [0.15, 0.2) is 0 Å². The number of benzene rings is 2. The van der Waals surface area contributed by atoms with Crippen molar-refractivity contribution in [2.24, 2.45) is 5.92 Å². The molecule has 38 heavy (non-hydrogen) atoms. The molecular formula is C29H30N4O5. The van der Waals surface area contributed by atoms with E-state index in [0.29, 0.717) is 23.6 Å². The number of fused-ring (bicyclic) bond motifs is 1.